The molecule has 2 atom stereocenters. The molecule has 0 saturated carbocycles. The van der Waals surface area contributed by atoms with Crippen molar-refractivity contribution in [2.45, 2.75) is 57.9 Å². The maximum absolute atomic E-state index is 9.93. The molecule has 0 amide bonds. The monoisotopic (exact) mass is 280 g/mol. The van der Waals surface area contributed by atoms with Gasteiger partial charge >= 0.3 is 0 Å². The smallest absolute Gasteiger partial charge is 0.168 e. The van der Waals surface area contributed by atoms with Gasteiger partial charge in [0.2, 0.25) is 0 Å². The van der Waals surface area contributed by atoms with Crippen LogP contribution in [0.1, 0.15) is 38.7 Å². The maximum atomic E-state index is 9.93. The Hall–Kier alpha value is -0.940. The van der Waals surface area contributed by atoms with Crippen molar-refractivity contribution in [3.63, 3.8) is 0 Å². The second-order valence-electron chi connectivity index (χ2n) is 5.16. The molecule has 0 unspecified atom stereocenters. The summed E-state index contributed by atoms with van der Waals surface area (Å²) in [5, 5.41) is 9.93. The van der Waals surface area contributed by atoms with Crippen molar-refractivity contribution in [3.8, 4) is 0 Å². The van der Waals surface area contributed by atoms with Crippen LogP contribution in [0.15, 0.2) is 30.3 Å². The molecule has 1 heterocycles. The predicted octanol–water partition coefficient (Wildman–Crippen LogP) is 2.84. The summed E-state index contributed by atoms with van der Waals surface area (Å²) in [6, 6.07) is 9.81. The van der Waals surface area contributed by atoms with Crippen LogP contribution in [0, 0.1) is 0 Å². The number of hydrogen-bond acceptors (Lipinski definition) is 4. The van der Waals surface area contributed by atoms with Gasteiger partial charge in [-0.25, -0.2) is 0 Å². The van der Waals surface area contributed by atoms with Crippen molar-refractivity contribution < 1.29 is 19.3 Å². The van der Waals surface area contributed by atoms with Crippen molar-refractivity contribution in [3.05, 3.63) is 35.9 Å². The van der Waals surface area contributed by atoms with Crippen LogP contribution in [0.25, 0.3) is 0 Å². The summed E-state index contributed by atoms with van der Waals surface area (Å²) in [6.45, 7) is 5.03. The van der Waals surface area contributed by atoms with Gasteiger partial charge in [-0.1, -0.05) is 44.2 Å². The summed E-state index contributed by atoms with van der Waals surface area (Å²) in [5.41, 5.74) is 1.05. The molecule has 0 aromatic heterocycles. The van der Waals surface area contributed by atoms with E-state index in [4.69, 9.17) is 14.2 Å². The number of benzene rings is 1. The molecule has 4 heteroatoms. The molecule has 0 spiro atoms. The highest BCUT2D eigenvalue weighted by Crippen LogP contribution is 2.31. The molecule has 1 aliphatic heterocycles. The quantitative estimate of drug-likeness (QED) is 0.780. The highest BCUT2D eigenvalue weighted by molar-refractivity contribution is 5.13. The summed E-state index contributed by atoms with van der Waals surface area (Å²) >= 11 is 0. The van der Waals surface area contributed by atoms with Gasteiger partial charge < -0.3 is 19.3 Å². The van der Waals surface area contributed by atoms with E-state index in [1.54, 1.807) is 0 Å². The van der Waals surface area contributed by atoms with Crippen LogP contribution < -0.4 is 0 Å². The van der Waals surface area contributed by atoms with Crippen molar-refractivity contribution in [2.24, 2.45) is 0 Å². The lowest BCUT2D eigenvalue weighted by molar-refractivity contribution is -0.184. The van der Waals surface area contributed by atoms with E-state index in [0.717, 1.165) is 18.4 Å². The van der Waals surface area contributed by atoms with Crippen LogP contribution >= 0.6 is 0 Å². The van der Waals surface area contributed by atoms with E-state index in [1.165, 1.54) is 0 Å². The van der Waals surface area contributed by atoms with Crippen molar-refractivity contribution in [1.82, 2.24) is 0 Å². The van der Waals surface area contributed by atoms with Crippen LogP contribution in [-0.2, 0) is 20.8 Å². The summed E-state index contributed by atoms with van der Waals surface area (Å²) < 4.78 is 17.1. The highest BCUT2D eigenvalue weighted by Gasteiger charge is 2.39. The molecule has 20 heavy (non-hydrogen) atoms. The zero-order valence-corrected chi connectivity index (χ0v) is 12.2. The standard InChI is InChI=1S/C16H24O4/c1-3-16(4-2)19-12-14(20-16)10-15(17)18-11-13-8-6-5-7-9-13/h5-9,14-15,17H,3-4,10-12H2,1-2H3/t14-,15+/m0/s1. The molecule has 0 radical (unpaired) electrons. The lowest BCUT2D eigenvalue weighted by Gasteiger charge is -2.25. The van der Waals surface area contributed by atoms with Gasteiger partial charge in [0.05, 0.1) is 19.3 Å². The molecule has 0 aliphatic carbocycles. The Morgan fingerprint density at radius 3 is 2.60 bits per heavy atom. The predicted molar refractivity (Wildman–Crippen MR) is 76.0 cm³/mol. The number of aliphatic hydroxyl groups is 1. The zero-order chi connectivity index (χ0) is 14.4. The first-order chi connectivity index (χ1) is 9.67. The minimum absolute atomic E-state index is 0.0966. The van der Waals surface area contributed by atoms with E-state index in [9.17, 15) is 5.11 Å². The van der Waals surface area contributed by atoms with Crippen molar-refractivity contribution in [2.75, 3.05) is 6.61 Å². The van der Waals surface area contributed by atoms with Crippen LogP contribution in [0.3, 0.4) is 0 Å². The zero-order valence-electron chi connectivity index (χ0n) is 12.2. The third-order valence-corrected chi connectivity index (χ3v) is 3.74. The molecule has 1 fully saturated rings. The molecular formula is C16H24O4. The minimum atomic E-state index is -0.826. The average Bonchev–Trinajstić information content (AvgIpc) is 2.90. The molecule has 0 bridgehead atoms. The Labute approximate surface area is 120 Å². The molecule has 112 valence electrons. The lowest BCUT2D eigenvalue weighted by Crippen LogP contribution is -2.30. The molecule has 2 rings (SSSR count). The van der Waals surface area contributed by atoms with E-state index in [2.05, 4.69) is 0 Å². The van der Waals surface area contributed by atoms with E-state index >= 15 is 0 Å². The summed E-state index contributed by atoms with van der Waals surface area (Å²) in [6.07, 6.45) is 1.16. The largest absolute Gasteiger partial charge is 0.368 e. The van der Waals surface area contributed by atoms with Gasteiger partial charge in [-0.05, 0) is 18.4 Å². The fourth-order valence-electron chi connectivity index (χ4n) is 2.41. The van der Waals surface area contributed by atoms with E-state index in [1.807, 2.05) is 44.2 Å². The van der Waals surface area contributed by atoms with Gasteiger partial charge in [-0.2, -0.15) is 0 Å². The van der Waals surface area contributed by atoms with Crippen LogP contribution in [0.2, 0.25) is 0 Å². The van der Waals surface area contributed by atoms with E-state index < -0.39 is 12.1 Å². The number of aliphatic hydroxyl groups excluding tert-OH is 1. The topological polar surface area (TPSA) is 47.9 Å². The van der Waals surface area contributed by atoms with E-state index in [0.29, 0.717) is 19.6 Å². The number of hydrogen-bond donors (Lipinski definition) is 1. The summed E-state index contributed by atoms with van der Waals surface area (Å²) in [5.74, 6) is -0.468. The lowest BCUT2D eigenvalue weighted by atomic mass is 10.1. The molecule has 1 aliphatic rings. The van der Waals surface area contributed by atoms with Crippen molar-refractivity contribution in [1.29, 1.82) is 0 Å². The van der Waals surface area contributed by atoms with Gasteiger partial charge in [0.25, 0.3) is 0 Å². The Bertz CT molecular complexity index is 389. The van der Waals surface area contributed by atoms with Gasteiger partial charge in [-0.15, -0.1) is 0 Å². The normalized spacial score (nSPS) is 22.9. The summed E-state index contributed by atoms with van der Waals surface area (Å²) in [7, 11) is 0. The molecule has 1 aromatic carbocycles. The van der Waals surface area contributed by atoms with Crippen LogP contribution in [0.4, 0.5) is 0 Å². The van der Waals surface area contributed by atoms with Crippen molar-refractivity contribution >= 4 is 0 Å². The first kappa shape index (κ1) is 15.4. The molecular weight excluding hydrogens is 256 g/mol. The second-order valence-corrected chi connectivity index (χ2v) is 5.16. The first-order valence-corrected chi connectivity index (χ1v) is 7.33. The van der Waals surface area contributed by atoms with Gasteiger partial charge in [-0.3, -0.25) is 0 Å². The second kappa shape index (κ2) is 7.18. The highest BCUT2D eigenvalue weighted by atomic mass is 16.7. The van der Waals surface area contributed by atoms with Gasteiger partial charge in [0.15, 0.2) is 12.1 Å². The number of rotatable bonds is 7. The Balaban J connectivity index is 1.74. The Morgan fingerprint density at radius 1 is 1.30 bits per heavy atom. The number of ether oxygens (including phenoxy) is 3. The fourth-order valence-corrected chi connectivity index (χ4v) is 2.41. The van der Waals surface area contributed by atoms with Crippen LogP contribution in [-0.4, -0.2) is 29.9 Å². The van der Waals surface area contributed by atoms with E-state index in [-0.39, 0.29) is 6.10 Å². The van der Waals surface area contributed by atoms with Gasteiger partial charge in [0.1, 0.15) is 0 Å². The third-order valence-electron chi connectivity index (χ3n) is 3.74. The molecule has 1 N–H and O–H groups in total. The minimum Gasteiger partial charge on any atom is -0.368 e. The first-order valence-electron chi connectivity index (χ1n) is 7.33. The summed E-state index contributed by atoms with van der Waals surface area (Å²) in [4.78, 5) is 0. The van der Waals surface area contributed by atoms with Gasteiger partial charge in [0, 0.05) is 6.42 Å². The average molecular weight is 280 g/mol. The maximum Gasteiger partial charge on any atom is 0.168 e. The Kier molecular flexibility index (Phi) is 5.54. The third kappa shape index (κ3) is 4.03. The molecule has 4 nitrogen and oxygen atoms in total. The van der Waals surface area contributed by atoms with Crippen LogP contribution in [0.5, 0.6) is 0 Å². The Morgan fingerprint density at radius 2 is 2.00 bits per heavy atom. The molecule has 1 aromatic rings. The molecule has 1 saturated heterocycles. The SMILES string of the molecule is CCC1(CC)OC[C@H](C[C@H](O)OCc2ccccc2)O1. The fraction of sp³-hybridized carbons (Fsp3) is 0.625.